The molecule has 3 amide bonds. The second kappa shape index (κ2) is 10.9. The van der Waals surface area contributed by atoms with Crippen molar-refractivity contribution in [2.75, 3.05) is 31.1 Å². The summed E-state index contributed by atoms with van der Waals surface area (Å²) in [5.74, 6) is -1.72. The summed E-state index contributed by atoms with van der Waals surface area (Å²) in [6, 6.07) is 12.7. The number of hydrogen-bond acceptors (Lipinski definition) is 5. The molecule has 42 heavy (non-hydrogen) atoms. The van der Waals surface area contributed by atoms with E-state index in [4.69, 9.17) is 0 Å². The summed E-state index contributed by atoms with van der Waals surface area (Å²) >= 11 is 1.59. The lowest BCUT2D eigenvalue weighted by Gasteiger charge is -2.41. The molecule has 2 saturated heterocycles. The molecule has 6 rings (SSSR count). The topological polar surface area (TPSA) is 81.2 Å². The van der Waals surface area contributed by atoms with Crippen LogP contribution in [-0.4, -0.2) is 80.4 Å². The summed E-state index contributed by atoms with van der Waals surface area (Å²) in [5, 5.41) is 12.8. The number of nitrogens with zero attached hydrogens (tertiary/aromatic N) is 3. The van der Waals surface area contributed by atoms with E-state index in [1.165, 1.54) is 0 Å². The molecule has 4 aliphatic rings. The Morgan fingerprint density at radius 3 is 2.40 bits per heavy atom. The number of carbonyl (C=O) groups is 3. The van der Waals surface area contributed by atoms with Crippen LogP contribution in [0.25, 0.3) is 10.8 Å². The minimum atomic E-state index is -0.935. The molecule has 1 spiro atoms. The van der Waals surface area contributed by atoms with Crippen LogP contribution in [0.15, 0.2) is 66.8 Å². The number of likely N-dealkylation sites (tertiary alicyclic amines) is 1. The standard InChI is InChI=1S/C34H41N3O4S/c1-5-17-35-18-9-15-33(4)27(30(35)39)28-31(40)37(26(21-38)22(3)6-2)29-32(41)36(19-10-16-34(28,29)42-33)25-14-13-23-11-7-8-12-24(23)20-25/h7-16,20,22,26-29,38H,5-6,17-19,21H2,1-4H3/t22-,26-,27+,28-,29?,33-,34-/m0/s1. The molecule has 4 heterocycles. The van der Waals surface area contributed by atoms with Gasteiger partial charge >= 0.3 is 0 Å². The Bertz CT molecular complexity index is 1470. The van der Waals surface area contributed by atoms with E-state index < -0.39 is 33.4 Å². The van der Waals surface area contributed by atoms with Gasteiger partial charge in [0.1, 0.15) is 6.04 Å². The van der Waals surface area contributed by atoms with Gasteiger partial charge in [0.05, 0.1) is 29.2 Å². The Morgan fingerprint density at radius 2 is 1.69 bits per heavy atom. The number of aliphatic hydroxyl groups excluding tert-OH is 1. The highest BCUT2D eigenvalue weighted by molar-refractivity contribution is 8.02. The van der Waals surface area contributed by atoms with Crippen molar-refractivity contribution in [2.24, 2.45) is 17.8 Å². The number of rotatable bonds is 7. The first-order valence-corrected chi connectivity index (χ1v) is 16.1. The highest BCUT2D eigenvalue weighted by Crippen LogP contribution is 2.66. The summed E-state index contributed by atoms with van der Waals surface area (Å²) < 4.78 is -1.58. The average molecular weight is 588 g/mol. The maximum Gasteiger partial charge on any atom is 0.251 e. The molecular formula is C34H41N3O4S. The van der Waals surface area contributed by atoms with E-state index in [1.54, 1.807) is 21.6 Å². The zero-order chi connectivity index (χ0) is 29.8. The van der Waals surface area contributed by atoms with Crippen LogP contribution in [-0.2, 0) is 14.4 Å². The van der Waals surface area contributed by atoms with Gasteiger partial charge in [-0.25, -0.2) is 0 Å². The van der Waals surface area contributed by atoms with Gasteiger partial charge in [0.25, 0.3) is 5.91 Å². The molecule has 0 aromatic heterocycles. The molecule has 1 unspecified atom stereocenters. The second-order valence-corrected chi connectivity index (χ2v) is 14.2. The van der Waals surface area contributed by atoms with Gasteiger partial charge in [-0.2, -0.15) is 0 Å². The second-order valence-electron chi connectivity index (χ2n) is 12.4. The summed E-state index contributed by atoms with van der Waals surface area (Å²) in [4.78, 5) is 49.2. The Morgan fingerprint density at radius 1 is 0.952 bits per heavy atom. The Kier molecular flexibility index (Phi) is 7.50. The SMILES string of the molecule is CCCN1CC=C[C@]2(C)S[C@]34C=CCN(c5ccc6ccccc6c5)C(=O)C3N([C@@H](CO)[C@@H](C)CC)C(=O)[C@@H]4[C@@H]2C1=O. The van der Waals surface area contributed by atoms with Gasteiger partial charge in [0, 0.05) is 30.1 Å². The van der Waals surface area contributed by atoms with Crippen molar-refractivity contribution in [1.29, 1.82) is 0 Å². The molecule has 0 bridgehead atoms. The van der Waals surface area contributed by atoms with Crippen molar-refractivity contribution in [1.82, 2.24) is 9.80 Å². The van der Waals surface area contributed by atoms with E-state index in [0.29, 0.717) is 19.6 Å². The molecule has 0 radical (unpaired) electrons. The van der Waals surface area contributed by atoms with Crippen LogP contribution in [0.2, 0.25) is 0 Å². The Hall–Kier alpha value is -3.10. The molecule has 7 atom stereocenters. The van der Waals surface area contributed by atoms with E-state index in [0.717, 1.165) is 29.3 Å². The lowest BCUT2D eigenvalue weighted by Crippen LogP contribution is -2.58. The highest BCUT2D eigenvalue weighted by Gasteiger charge is 2.74. The quantitative estimate of drug-likeness (QED) is 0.478. The van der Waals surface area contributed by atoms with Gasteiger partial charge in [-0.1, -0.05) is 81.8 Å². The minimum absolute atomic E-state index is 0.0201. The first-order valence-electron chi connectivity index (χ1n) is 15.3. The van der Waals surface area contributed by atoms with Gasteiger partial charge in [0.2, 0.25) is 11.8 Å². The molecule has 2 aromatic rings. The van der Waals surface area contributed by atoms with Crippen LogP contribution in [0.1, 0.15) is 40.5 Å². The number of thioether (sulfide) groups is 1. The van der Waals surface area contributed by atoms with E-state index in [1.807, 2.05) is 67.3 Å². The van der Waals surface area contributed by atoms with Crippen LogP contribution in [0.5, 0.6) is 0 Å². The van der Waals surface area contributed by atoms with Crippen LogP contribution >= 0.6 is 11.8 Å². The number of carbonyl (C=O) groups excluding carboxylic acids is 3. The largest absolute Gasteiger partial charge is 0.394 e. The fraction of sp³-hybridized carbons (Fsp3) is 0.500. The van der Waals surface area contributed by atoms with Gasteiger partial charge in [-0.05, 0) is 42.2 Å². The maximum absolute atomic E-state index is 14.9. The predicted octanol–water partition coefficient (Wildman–Crippen LogP) is 4.65. The van der Waals surface area contributed by atoms with E-state index in [9.17, 15) is 19.5 Å². The van der Waals surface area contributed by atoms with Crippen molar-refractivity contribution in [3.8, 4) is 0 Å². The van der Waals surface area contributed by atoms with E-state index in [2.05, 4.69) is 32.1 Å². The third kappa shape index (κ3) is 4.24. The zero-order valence-electron chi connectivity index (χ0n) is 24.9. The fourth-order valence-corrected chi connectivity index (χ4v) is 9.87. The zero-order valence-corrected chi connectivity index (χ0v) is 25.7. The molecule has 1 N–H and O–H groups in total. The van der Waals surface area contributed by atoms with Crippen LogP contribution in [0.3, 0.4) is 0 Å². The smallest absolute Gasteiger partial charge is 0.251 e. The molecular weight excluding hydrogens is 546 g/mol. The first kappa shape index (κ1) is 29.0. The lowest BCUT2D eigenvalue weighted by atomic mass is 9.74. The number of aliphatic hydroxyl groups is 1. The molecule has 8 heteroatoms. The summed E-state index contributed by atoms with van der Waals surface area (Å²) in [6.07, 6.45) is 9.79. The minimum Gasteiger partial charge on any atom is -0.394 e. The van der Waals surface area contributed by atoms with Gasteiger partial charge in [0.15, 0.2) is 0 Å². The number of anilines is 1. The van der Waals surface area contributed by atoms with Gasteiger partial charge in [-0.3, -0.25) is 14.4 Å². The molecule has 0 aliphatic carbocycles. The number of fused-ring (bicyclic) bond motifs is 3. The number of hydrogen-bond donors (Lipinski definition) is 1. The highest BCUT2D eigenvalue weighted by atomic mass is 32.2. The van der Waals surface area contributed by atoms with Gasteiger partial charge in [-0.15, -0.1) is 11.8 Å². The van der Waals surface area contributed by atoms with Crippen molar-refractivity contribution >= 4 is 45.9 Å². The third-order valence-electron chi connectivity index (χ3n) is 9.96. The van der Waals surface area contributed by atoms with Crippen molar-refractivity contribution in [3.63, 3.8) is 0 Å². The molecule has 0 saturated carbocycles. The molecule has 7 nitrogen and oxygen atoms in total. The Labute approximate surface area is 252 Å². The van der Waals surface area contributed by atoms with Crippen LogP contribution in [0, 0.1) is 17.8 Å². The van der Waals surface area contributed by atoms with Crippen LogP contribution < -0.4 is 4.90 Å². The summed E-state index contributed by atoms with van der Waals surface area (Å²) in [6.45, 7) is 9.43. The van der Waals surface area contributed by atoms with Gasteiger partial charge < -0.3 is 19.8 Å². The molecule has 222 valence electrons. The lowest BCUT2D eigenvalue weighted by molar-refractivity contribution is -0.146. The average Bonchev–Trinajstić information content (AvgIpc) is 3.26. The fourth-order valence-electron chi connectivity index (χ4n) is 7.73. The van der Waals surface area contributed by atoms with Crippen LogP contribution in [0.4, 0.5) is 5.69 Å². The predicted molar refractivity (Wildman–Crippen MR) is 168 cm³/mol. The number of amides is 3. The number of benzene rings is 2. The molecule has 4 aliphatic heterocycles. The van der Waals surface area contributed by atoms with Crippen molar-refractivity contribution < 1.29 is 19.5 Å². The summed E-state index contributed by atoms with van der Waals surface area (Å²) in [7, 11) is 0. The normalized spacial score (nSPS) is 32.1. The van der Waals surface area contributed by atoms with E-state index in [-0.39, 0.29) is 30.2 Å². The van der Waals surface area contributed by atoms with Crippen molar-refractivity contribution in [2.45, 2.75) is 62.1 Å². The monoisotopic (exact) mass is 587 g/mol. The molecule has 2 aromatic carbocycles. The molecule has 2 fully saturated rings. The van der Waals surface area contributed by atoms with E-state index >= 15 is 0 Å². The van der Waals surface area contributed by atoms with Crippen molar-refractivity contribution in [3.05, 3.63) is 66.8 Å². The maximum atomic E-state index is 14.9. The third-order valence-corrected chi connectivity index (χ3v) is 11.8. The summed E-state index contributed by atoms with van der Waals surface area (Å²) in [5.41, 5.74) is 0.772. The Balaban J connectivity index is 1.51. The first-order chi connectivity index (χ1) is 20.2.